The summed E-state index contributed by atoms with van der Waals surface area (Å²) < 4.78 is 19.1. The first kappa shape index (κ1) is 13.9. The fourth-order valence-electron chi connectivity index (χ4n) is 1.34. The molecule has 0 aliphatic heterocycles. The molecular weight excluding hydrogens is 233 g/mol. The van der Waals surface area contributed by atoms with Crippen LogP contribution >= 0.6 is 0 Å². The first-order valence-corrected chi connectivity index (χ1v) is 9.40. The number of hydrogen-bond donors (Lipinski definition) is 0. The first-order valence-electron chi connectivity index (χ1n) is 5.69. The van der Waals surface area contributed by atoms with Gasteiger partial charge in [-0.1, -0.05) is 31.8 Å². The van der Waals surface area contributed by atoms with Crippen LogP contribution in [0.1, 0.15) is 11.1 Å². The molecule has 1 aromatic carbocycles. The zero-order valence-corrected chi connectivity index (χ0v) is 11.6. The molecule has 0 radical (unpaired) electrons. The Labute approximate surface area is 103 Å². The monoisotopic (exact) mass is 251 g/mol. The van der Waals surface area contributed by atoms with Crippen molar-refractivity contribution in [2.24, 2.45) is 0 Å². The lowest BCUT2D eigenvalue weighted by atomic mass is 10.1. The predicted octanol–water partition coefficient (Wildman–Crippen LogP) is 3.55. The van der Waals surface area contributed by atoms with E-state index in [0.717, 1.165) is 6.04 Å². The fraction of sp³-hybridized carbons (Fsp3) is 0.462. The van der Waals surface area contributed by atoms with Crippen LogP contribution in [0.25, 0.3) is 0 Å². The highest BCUT2D eigenvalue weighted by atomic mass is 28.3. The van der Waals surface area contributed by atoms with Gasteiger partial charge in [-0.05, 0) is 12.1 Å². The van der Waals surface area contributed by atoms with Crippen molar-refractivity contribution in [1.29, 1.82) is 5.26 Å². The van der Waals surface area contributed by atoms with E-state index in [1.807, 2.05) is 6.07 Å². The molecule has 0 aliphatic carbocycles. The Hall–Kier alpha value is -1.18. The van der Waals surface area contributed by atoms with Gasteiger partial charge in [0.1, 0.15) is 11.9 Å². The van der Waals surface area contributed by atoms with Gasteiger partial charge in [-0.2, -0.15) is 5.26 Å². The molecule has 0 aliphatic rings. The van der Waals surface area contributed by atoms with Crippen LogP contribution < -0.4 is 0 Å². The highest BCUT2D eigenvalue weighted by Crippen LogP contribution is 2.14. The molecule has 2 nitrogen and oxygen atoms in total. The molecule has 1 rings (SSSR count). The number of halogens is 1. The topological polar surface area (TPSA) is 33.0 Å². The molecule has 17 heavy (non-hydrogen) atoms. The second-order valence-corrected chi connectivity index (χ2v) is 10.9. The number of hydrogen-bond acceptors (Lipinski definition) is 2. The molecule has 0 saturated carbocycles. The summed E-state index contributed by atoms with van der Waals surface area (Å²) in [5.74, 6) is -0.456. The molecule has 0 spiro atoms. The van der Waals surface area contributed by atoms with Crippen molar-refractivity contribution in [2.45, 2.75) is 32.3 Å². The van der Waals surface area contributed by atoms with Gasteiger partial charge in [-0.3, -0.25) is 0 Å². The molecule has 0 bridgehead atoms. The standard InChI is InChI=1S/C13H18FNOSi/c1-17(2,3)8-7-16-10-12-6-4-5-11(9-15)13(12)14/h4-6H,7-8,10H2,1-3H3. The van der Waals surface area contributed by atoms with Crippen LogP contribution in [0.5, 0.6) is 0 Å². The molecule has 4 heteroatoms. The minimum Gasteiger partial charge on any atom is -0.377 e. The van der Waals surface area contributed by atoms with E-state index in [-0.39, 0.29) is 12.2 Å². The summed E-state index contributed by atoms with van der Waals surface area (Å²) in [5, 5.41) is 8.70. The van der Waals surface area contributed by atoms with Gasteiger partial charge >= 0.3 is 0 Å². The summed E-state index contributed by atoms with van der Waals surface area (Å²) in [5.41, 5.74) is 0.538. The van der Waals surface area contributed by atoms with Crippen LogP contribution in [0, 0.1) is 17.1 Å². The molecule has 0 heterocycles. The SMILES string of the molecule is C[Si](C)(C)CCOCc1cccc(C#N)c1F. The Morgan fingerprint density at radius 3 is 2.65 bits per heavy atom. The second kappa shape index (κ2) is 5.94. The fourth-order valence-corrected chi connectivity index (χ4v) is 2.09. The van der Waals surface area contributed by atoms with E-state index in [1.54, 1.807) is 12.1 Å². The van der Waals surface area contributed by atoms with Gasteiger partial charge in [-0.15, -0.1) is 0 Å². The van der Waals surface area contributed by atoms with Gasteiger partial charge in [0, 0.05) is 20.2 Å². The maximum Gasteiger partial charge on any atom is 0.146 e. The van der Waals surface area contributed by atoms with E-state index in [1.165, 1.54) is 6.07 Å². The zero-order chi connectivity index (χ0) is 12.9. The summed E-state index contributed by atoms with van der Waals surface area (Å²) in [4.78, 5) is 0. The highest BCUT2D eigenvalue weighted by Gasteiger charge is 2.13. The lowest BCUT2D eigenvalue weighted by Crippen LogP contribution is -2.21. The molecule has 92 valence electrons. The Kier molecular flexibility index (Phi) is 4.85. The summed E-state index contributed by atoms with van der Waals surface area (Å²) in [7, 11) is -1.10. The highest BCUT2D eigenvalue weighted by molar-refractivity contribution is 6.76. The zero-order valence-electron chi connectivity index (χ0n) is 10.6. The average molecular weight is 251 g/mol. The van der Waals surface area contributed by atoms with Crippen molar-refractivity contribution in [3.63, 3.8) is 0 Å². The Bertz CT molecular complexity index is 420. The second-order valence-electron chi connectivity index (χ2n) is 5.25. The molecule has 0 saturated heterocycles. The first-order chi connectivity index (χ1) is 7.94. The minimum absolute atomic E-state index is 0.0799. The van der Waals surface area contributed by atoms with Gasteiger partial charge in [0.05, 0.1) is 12.2 Å². The van der Waals surface area contributed by atoms with Gasteiger partial charge in [-0.25, -0.2) is 4.39 Å². The molecule has 0 fully saturated rings. The van der Waals surface area contributed by atoms with Crippen LogP contribution in [0.4, 0.5) is 4.39 Å². The maximum atomic E-state index is 13.6. The largest absolute Gasteiger partial charge is 0.377 e. The van der Waals surface area contributed by atoms with Crippen molar-refractivity contribution in [1.82, 2.24) is 0 Å². The molecule has 0 amide bonds. The lowest BCUT2D eigenvalue weighted by molar-refractivity contribution is 0.130. The molecule has 0 aromatic heterocycles. The van der Waals surface area contributed by atoms with E-state index in [9.17, 15) is 4.39 Å². The lowest BCUT2D eigenvalue weighted by Gasteiger charge is -2.15. The smallest absolute Gasteiger partial charge is 0.146 e. The number of ether oxygens (including phenoxy) is 1. The van der Waals surface area contributed by atoms with Crippen LogP contribution in [0.15, 0.2) is 18.2 Å². The maximum absolute atomic E-state index is 13.6. The van der Waals surface area contributed by atoms with Crippen molar-refractivity contribution in [2.75, 3.05) is 6.61 Å². The Balaban J connectivity index is 2.51. The summed E-state index contributed by atoms with van der Waals surface area (Å²) in [6.45, 7) is 7.71. The number of nitrogens with zero attached hydrogens (tertiary/aromatic N) is 1. The third-order valence-corrected chi connectivity index (χ3v) is 4.16. The van der Waals surface area contributed by atoms with Gasteiger partial charge in [0.25, 0.3) is 0 Å². The number of nitriles is 1. The van der Waals surface area contributed by atoms with Crippen molar-refractivity contribution >= 4 is 8.07 Å². The van der Waals surface area contributed by atoms with Crippen LogP contribution in [0.3, 0.4) is 0 Å². The summed E-state index contributed by atoms with van der Waals surface area (Å²) >= 11 is 0. The third-order valence-electron chi connectivity index (χ3n) is 2.45. The van der Waals surface area contributed by atoms with E-state index in [2.05, 4.69) is 19.6 Å². The van der Waals surface area contributed by atoms with Crippen LogP contribution in [-0.4, -0.2) is 14.7 Å². The molecular formula is C13H18FNOSi. The van der Waals surface area contributed by atoms with Gasteiger partial charge in [0.2, 0.25) is 0 Å². The normalized spacial score (nSPS) is 11.2. The Morgan fingerprint density at radius 2 is 2.06 bits per heavy atom. The van der Waals surface area contributed by atoms with E-state index < -0.39 is 13.9 Å². The summed E-state index contributed by atoms with van der Waals surface area (Å²) in [6, 6.07) is 7.70. The van der Waals surface area contributed by atoms with Crippen molar-refractivity contribution in [3.8, 4) is 6.07 Å². The van der Waals surface area contributed by atoms with E-state index >= 15 is 0 Å². The van der Waals surface area contributed by atoms with Crippen LogP contribution in [-0.2, 0) is 11.3 Å². The average Bonchev–Trinajstić information content (AvgIpc) is 2.25. The molecule has 0 unspecified atom stereocenters. The number of benzene rings is 1. The summed E-state index contributed by atoms with van der Waals surface area (Å²) in [6.07, 6.45) is 0. The third kappa shape index (κ3) is 4.68. The van der Waals surface area contributed by atoms with Crippen LogP contribution in [0.2, 0.25) is 25.7 Å². The van der Waals surface area contributed by atoms with Crippen molar-refractivity contribution in [3.05, 3.63) is 35.1 Å². The number of rotatable bonds is 5. The quantitative estimate of drug-likeness (QED) is 0.592. The molecule has 1 aromatic rings. The van der Waals surface area contributed by atoms with Crippen molar-refractivity contribution < 1.29 is 9.13 Å². The van der Waals surface area contributed by atoms with Gasteiger partial charge < -0.3 is 4.74 Å². The molecule has 0 N–H and O–H groups in total. The predicted molar refractivity (Wildman–Crippen MR) is 68.9 cm³/mol. The molecule has 0 atom stereocenters. The van der Waals surface area contributed by atoms with Gasteiger partial charge in [0.15, 0.2) is 0 Å². The minimum atomic E-state index is -1.10. The Morgan fingerprint density at radius 1 is 1.35 bits per heavy atom. The van der Waals surface area contributed by atoms with E-state index in [4.69, 9.17) is 10.00 Å². The van der Waals surface area contributed by atoms with E-state index in [0.29, 0.717) is 12.2 Å².